The van der Waals surface area contributed by atoms with Crippen molar-refractivity contribution in [1.82, 2.24) is 10.2 Å². The van der Waals surface area contributed by atoms with Gasteiger partial charge in [-0.1, -0.05) is 13.3 Å². The van der Waals surface area contributed by atoms with Crippen molar-refractivity contribution in [3.63, 3.8) is 0 Å². The lowest BCUT2D eigenvalue weighted by Crippen LogP contribution is -2.52. The smallest absolute Gasteiger partial charge is 0.239 e. The number of hydrogen-bond donors (Lipinski definition) is 1. The molecule has 2 aliphatic rings. The van der Waals surface area contributed by atoms with Crippen molar-refractivity contribution in [2.24, 2.45) is 0 Å². The van der Waals surface area contributed by atoms with Gasteiger partial charge in [-0.3, -0.25) is 4.79 Å². The molecule has 4 nitrogen and oxygen atoms in total. The van der Waals surface area contributed by atoms with Crippen LogP contribution in [-0.2, 0) is 9.53 Å². The van der Waals surface area contributed by atoms with Crippen molar-refractivity contribution in [2.45, 2.75) is 50.4 Å². The molecule has 19 heavy (non-hydrogen) atoms. The summed E-state index contributed by atoms with van der Waals surface area (Å²) in [6.45, 7) is 7.05. The summed E-state index contributed by atoms with van der Waals surface area (Å²) in [5, 5.41) is 4.24. The SMILES string of the molecule is CCSC1CCCC1NC(C)C(=O)N1CCOCC1. The summed E-state index contributed by atoms with van der Waals surface area (Å²) in [4.78, 5) is 14.3. The summed E-state index contributed by atoms with van der Waals surface area (Å²) < 4.78 is 5.29. The van der Waals surface area contributed by atoms with Gasteiger partial charge < -0.3 is 15.0 Å². The highest BCUT2D eigenvalue weighted by molar-refractivity contribution is 7.99. The minimum atomic E-state index is -0.0684. The summed E-state index contributed by atoms with van der Waals surface area (Å²) in [6.07, 6.45) is 3.78. The Hall–Kier alpha value is -0.260. The predicted octanol–water partition coefficient (Wildman–Crippen LogP) is 1.50. The van der Waals surface area contributed by atoms with E-state index in [1.807, 2.05) is 23.6 Å². The van der Waals surface area contributed by atoms with E-state index < -0.39 is 0 Å². The van der Waals surface area contributed by atoms with Gasteiger partial charge in [-0.05, 0) is 25.5 Å². The molecule has 0 aromatic heterocycles. The fourth-order valence-electron chi connectivity index (χ4n) is 2.98. The lowest BCUT2D eigenvalue weighted by molar-refractivity contribution is -0.137. The number of ether oxygens (including phenoxy) is 1. The van der Waals surface area contributed by atoms with E-state index in [0.29, 0.717) is 24.5 Å². The number of thioether (sulfide) groups is 1. The molecule has 2 rings (SSSR count). The van der Waals surface area contributed by atoms with Gasteiger partial charge in [0.2, 0.25) is 5.91 Å². The van der Waals surface area contributed by atoms with Gasteiger partial charge in [0.05, 0.1) is 19.3 Å². The molecular weight excluding hydrogens is 260 g/mol. The monoisotopic (exact) mass is 286 g/mol. The lowest BCUT2D eigenvalue weighted by atomic mass is 10.2. The van der Waals surface area contributed by atoms with E-state index in [9.17, 15) is 4.79 Å². The van der Waals surface area contributed by atoms with Crippen molar-refractivity contribution >= 4 is 17.7 Å². The zero-order valence-electron chi connectivity index (χ0n) is 12.1. The van der Waals surface area contributed by atoms with Gasteiger partial charge >= 0.3 is 0 Å². The second-order valence-corrected chi connectivity index (χ2v) is 6.87. The largest absolute Gasteiger partial charge is 0.378 e. The quantitative estimate of drug-likeness (QED) is 0.831. The van der Waals surface area contributed by atoms with Gasteiger partial charge in [-0.2, -0.15) is 11.8 Å². The summed E-state index contributed by atoms with van der Waals surface area (Å²) in [5.41, 5.74) is 0. The van der Waals surface area contributed by atoms with Crippen molar-refractivity contribution < 1.29 is 9.53 Å². The molecule has 5 heteroatoms. The highest BCUT2D eigenvalue weighted by Gasteiger charge is 2.31. The molecule has 1 aliphatic carbocycles. The molecule has 110 valence electrons. The van der Waals surface area contributed by atoms with Gasteiger partial charge in [0, 0.05) is 24.4 Å². The number of carbonyl (C=O) groups excluding carboxylic acids is 1. The third kappa shape index (κ3) is 4.10. The molecule has 3 unspecified atom stereocenters. The van der Waals surface area contributed by atoms with Crippen molar-refractivity contribution in [1.29, 1.82) is 0 Å². The van der Waals surface area contributed by atoms with Crippen LogP contribution in [0.5, 0.6) is 0 Å². The minimum Gasteiger partial charge on any atom is -0.378 e. The normalized spacial score (nSPS) is 29.5. The molecule has 0 aromatic carbocycles. The lowest BCUT2D eigenvalue weighted by Gasteiger charge is -2.31. The minimum absolute atomic E-state index is 0.0684. The average molecular weight is 286 g/mol. The zero-order chi connectivity index (χ0) is 13.7. The fraction of sp³-hybridized carbons (Fsp3) is 0.929. The van der Waals surface area contributed by atoms with Gasteiger partial charge in [0.25, 0.3) is 0 Å². The maximum absolute atomic E-state index is 12.4. The Morgan fingerprint density at radius 1 is 1.42 bits per heavy atom. The summed E-state index contributed by atoms with van der Waals surface area (Å²) in [5.74, 6) is 1.39. The highest BCUT2D eigenvalue weighted by Crippen LogP contribution is 2.30. The first-order valence-corrected chi connectivity index (χ1v) is 8.51. The third-order valence-corrected chi connectivity index (χ3v) is 5.32. The molecule has 0 spiro atoms. The number of morpholine rings is 1. The number of nitrogens with zero attached hydrogens (tertiary/aromatic N) is 1. The van der Waals surface area contributed by atoms with Crippen LogP contribution < -0.4 is 5.32 Å². The van der Waals surface area contributed by atoms with Crippen LogP contribution >= 0.6 is 11.8 Å². The number of rotatable bonds is 5. The van der Waals surface area contributed by atoms with Gasteiger partial charge in [-0.15, -0.1) is 0 Å². The molecule has 0 radical (unpaired) electrons. The molecule has 1 N–H and O–H groups in total. The number of hydrogen-bond acceptors (Lipinski definition) is 4. The second kappa shape index (κ2) is 7.50. The number of amides is 1. The van der Waals surface area contributed by atoms with Crippen molar-refractivity contribution in [2.75, 3.05) is 32.1 Å². The van der Waals surface area contributed by atoms with Crippen LogP contribution in [0.25, 0.3) is 0 Å². The predicted molar refractivity (Wildman–Crippen MR) is 79.6 cm³/mol. The first-order chi connectivity index (χ1) is 9.22. The first kappa shape index (κ1) is 15.1. The number of carbonyl (C=O) groups is 1. The van der Waals surface area contributed by atoms with Crippen LogP contribution in [0.2, 0.25) is 0 Å². The molecular formula is C14H26N2O2S. The van der Waals surface area contributed by atoms with Crippen LogP contribution in [0.4, 0.5) is 0 Å². The standard InChI is InChI=1S/C14H26N2O2S/c1-3-19-13-6-4-5-12(13)15-11(2)14(17)16-7-9-18-10-8-16/h11-13,15H,3-10H2,1-2H3. The zero-order valence-corrected chi connectivity index (χ0v) is 12.9. The molecule has 1 saturated heterocycles. The Bertz CT molecular complexity index is 295. The summed E-state index contributed by atoms with van der Waals surface area (Å²) in [7, 11) is 0. The van der Waals surface area contributed by atoms with E-state index in [-0.39, 0.29) is 11.9 Å². The molecule has 1 amide bonds. The second-order valence-electron chi connectivity index (χ2n) is 5.36. The third-order valence-electron chi connectivity index (χ3n) is 3.99. The van der Waals surface area contributed by atoms with Crippen LogP contribution in [0.1, 0.15) is 33.1 Å². The fourth-order valence-corrected chi connectivity index (χ4v) is 4.19. The van der Waals surface area contributed by atoms with Crippen LogP contribution in [0.15, 0.2) is 0 Å². The molecule has 3 atom stereocenters. The van der Waals surface area contributed by atoms with Crippen molar-refractivity contribution in [3.05, 3.63) is 0 Å². The first-order valence-electron chi connectivity index (χ1n) is 7.46. The summed E-state index contributed by atoms with van der Waals surface area (Å²) >= 11 is 2.03. The van der Waals surface area contributed by atoms with Crippen LogP contribution in [-0.4, -0.2) is 60.2 Å². The molecule has 0 bridgehead atoms. The van der Waals surface area contributed by atoms with Crippen molar-refractivity contribution in [3.8, 4) is 0 Å². The Labute approximate surface area is 120 Å². The van der Waals surface area contributed by atoms with E-state index >= 15 is 0 Å². The maximum atomic E-state index is 12.4. The van der Waals surface area contributed by atoms with E-state index in [2.05, 4.69) is 12.2 Å². The van der Waals surface area contributed by atoms with Gasteiger partial charge in [0.15, 0.2) is 0 Å². The summed E-state index contributed by atoms with van der Waals surface area (Å²) in [6, 6.07) is 0.436. The van der Waals surface area contributed by atoms with E-state index in [1.165, 1.54) is 19.3 Å². The molecule has 2 fully saturated rings. The Morgan fingerprint density at radius 3 is 2.84 bits per heavy atom. The molecule has 1 aliphatic heterocycles. The maximum Gasteiger partial charge on any atom is 0.239 e. The molecule has 1 heterocycles. The van der Waals surface area contributed by atoms with E-state index in [1.54, 1.807) is 0 Å². The topological polar surface area (TPSA) is 41.6 Å². The Kier molecular flexibility index (Phi) is 5.98. The Morgan fingerprint density at radius 2 is 2.16 bits per heavy atom. The van der Waals surface area contributed by atoms with Crippen LogP contribution in [0.3, 0.4) is 0 Å². The number of nitrogens with one attached hydrogen (secondary N) is 1. The molecule has 0 aromatic rings. The van der Waals surface area contributed by atoms with E-state index in [0.717, 1.165) is 18.8 Å². The Balaban J connectivity index is 1.82. The average Bonchev–Trinajstić information content (AvgIpc) is 2.86. The van der Waals surface area contributed by atoms with Crippen LogP contribution in [0, 0.1) is 0 Å². The van der Waals surface area contributed by atoms with E-state index in [4.69, 9.17) is 4.74 Å². The van der Waals surface area contributed by atoms with Gasteiger partial charge in [0.1, 0.15) is 0 Å². The molecule has 1 saturated carbocycles. The highest BCUT2D eigenvalue weighted by atomic mass is 32.2. The van der Waals surface area contributed by atoms with Gasteiger partial charge in [-0.25, -0.2) is 0 Å².